The zero-order chi connectivity index (χ0) is 19.6. The average molecular weight is 389 g/mol. The van der Waals surface area contributed by atoms with E-state index in [1.54, 1.807) is 18.2 Å². The molecular weight excluding hydrogens is 366 g/mol. The Balaban J connectivity index is 1.89. The number of piperazine rings is 1. The molecule has 7 nitrogen and oxygen atoms in total. The number of nitrogens with one attached hydrogen (secondary N) is 1. The molecule has 1 fully saturated rings. The summed E-state index contributed by atoms with van der Waals surface area (Å²) in [5.41, 5.74) is 1.71. The molecule has 2 aromatic carbocycles. The first-order valence-electron chi connectivity index (χ1n) is 8.66. The normalized spacial score (nSPS) is 15.6. The van der Waals surface area contributed by atoms with Crippen LogP contribution < -0.4 is 9.62 Å². The van der Waals surface area contributed by atoms with Crippen molar-refractivity contribution in [1.82, 2.24) is 4.90 Å². The van der Waals surface area contributed by atoms with E-state index in [1.165, 1.54) is 24.3 Å². The lowest BCUT2D eigenvalue weighted by Crippen LogP contribution is -2.44. The van der Waals surface area contributed by atoms with Gasteiger partial charge in [-0.1, -0.05) is 17.7 Å². The molecule has 3 rings (SSSR count). The molecule has 0 atom stereocenters. The Labute approximate surface area is 159 Å². The second-order valence-corrected chi connectivity index (χ2v) is 8.43. The van der Waals surface area contributed by atoms with Gasteiger partial charge in [-0.15, -0.1) is 0 Å². The summed E-state index contributed by atoms with van der Waals surface area (Å²) in [5.74, 6) is -1.17. The molecule has 1 saturated heterocycles. The summed E-state index contributed by atoms with van der Waals surface area (Å²) in [5, 5.41) is 9.57. The van der Waals surface area contributed by atoms with Crippen LogP contribution >= 0.6 is 0 Å². The maximum absolute atomic E-state index is 12.6. The summed E-state index contributed by atoms with van der Waals surface area (Å²) in [4.78, 5) is 16.1. The van der Waals surface area contributed by atoms with Crippen LogP contribution in [0.15, 0.2) is 47.4 Å². The second-order valence-electron chi connectivity index (χ2n) is 6.74. The first kappa shape index (κ1) is 19.2. The highest BCUT2D eigenvalue weighted by molar-refractivity contribution is 7.92. The molecule has 1 aliphatic rings. The monoisotopic (exact) mass is 389 g/mol. The molecule has 0 aromatic heterocycles. The fourth-order valence-corrected chi connectivity index (χ4v) is 4.06. The molecule has 0 spiro atoms. The molecule has 0 radical (unpaired) electrons. The van der Waals surface area contributed by atoms with Crippen LogP contribution in [0.4, 0.5) is 11.4 Å². The van der Waals surface area contributed by atoms with Crippen LogP contribution in [0, 0.1) is 6.92 Å². The Hall–Kier alpha value is -2.58. The Kier molecular flexibility index (Phi) is 5.38. The maximum Gasteiger partial charge on any atom is 0.337 e. The largest absolute Gasteiger partial charge is 0.478 e. The molecule has 0 saturated carbocycles. The van der Waals surface area contributed by atoms with Crippen molar-refractivity contribution in [2.45, 2.75) is 11.8 Å². The van der Waals surface area contributed by atoms with E-state index in [-0.39, 0.29) is 16.1 Å². The number of carboxylic acid groups (broad SMARTS) is 1. The fourth-order valence-electron chi connectivity index (χ4n) is 2.98. The van der Waals surface area contributed by atoms with Crippen molar-refractivity contribution in [3.8, 4) is 0 Å². The predicted octanol–water partition coefficient (Wildman–Crippen LogP) is 2.25. The van der Waals surface area contributed by atoms with Gasteiger partial charge in [-0.2, -0.15) is 0 Å². The third-order valence-electron chi connectivity index (χ3n) is 4.68. The van der Waals surface area contributed by atoms with Crippen molar-refractivity contribution in [1.29, 1.82) is 0 Å². The predicted molar refractivity (Wildman–Crippen MR) is 105 cm³/mol. The number of hydrogen-bond donors (Lipinski definition) is 2. The number of anilines is 2. The van der Waals surface area contributed by atoms with Gasteiger partial charge < -0.3 is 14.9 Å². The number of carbonyl (C=O) groups is 1. The maximum atomic E-state index is 12.6. The number of benzene rings is 2. The lowest BCUT2D eigenvalue weighted by atomic mass is 10.1. The Bertz CT molecular complexity index is 934. The standard InChI is InChI=1S/C19H23N3O4S/c1-14-3-6-16(7-4-14)27(25,26)20-18-8-5-15(13-17(18)19(23)24)22-11-9-21(2)10-12-22/h3-8,13,20H,9-12H2,1-2H3,(H,23,24). The highest BCUT2D eigenvalue weighted by atomic mass is 32.2. The summed E-state index contributed by atoms with van der Waals surface area (Å²) in [6.45, 7) is 5.24. The first-order chi connectivity index (χ1) is 12.8. The zero-order valence-electron chi connectivity index (χ0n) is 15.3. The highest BCUT2D eigenvalue weighted by Crippen LogP contribution is 2.26. The molecule has 1 aliphatic heterocycles. The van der Waals surface area contributed by atoms with Gasteiger partial charge in [0.15, 0.2) is 0 Å². The van der Waals surface area contributed by atoms with E-state index in [9.17, 15) is 18.3 Å². The van der Waals surface area contributed by atoms with Crippen molar-refractivity contribution in [3.63, 3.8) is 0 Å². The van der Waals surface area contributed by atoms with Gasteiger partial charge in [-0.05, 0) is 44.3 Å². The minimum Gasteiger partial charge on any atom is -0.478 e. The summed E-state index contributed by atoms with van der Waals surface area (Å²) >= 11 is 0. The van der Waals surface area contributed by atoms with Gasteiger partial charge in [-0.25, -0.2) is 13.2 Å². The number of hydrogen-bond acceptors (Lipinski definition) is 5. The number of carboxylic acids is 1. The summed E-state index contributed by atoms with van der Waals surface area (Å²) in [6.07, 6.45) is 0. The van der Waals surface area contributed by atoms with Gasteiger partial charge in [0.25, 0.3) is 10.0 Å². The van der Waals surface area contributed by atoms with Crippen LogP contribution in [-0.4, -0.2) is 57.6 Å². The molecule has 0 aliphatic carbocycles. The molecule has 0 unspecified atom stereocenters. The Morgan fingerprint density at radius 2 is 1.67 bits per heavy atom. The van der Waals surface area contributed by atoms with E-state index < -0.39 is 16.0 Å². The van der Waals surface area contributed by atoms with E-state index in [4.69, 9.17) is 0 Å². The van der Waals surface area contributed by atoms with Crippen LogP contribution in [0.2, 0.25) is 0 Å². The van der Waals surface area contributed by atoms with Gasteiger partial charge >= 0.3 is 5.97 Å². The number of rotatable bonds is 5. The van der Waals surface area contributed by atoms with Crippen LogP contribution in [-0.2, 0) is 10.0 Å². The van der Waals surface area contributed by atoms with Crippen LogP contribution in [0.3, 0.4) is 0 Å². The lowest BCUT2D eigenvalue weighted by Gasteiger charge is -2.34. The Morgan fingerprint density at radius 3 is 2.26 bits per heavy atom. The first-order valence-corrected chi connectivity index (χ1v) is 10.1. The number of nitrogens with zero attached hydrogens (tertiary/aromatic N) is 2. The van der Waals surface area contributed by atoms with Gasteiger partial charge in [-0.3, -0.25) is 4.72 Å². The molecule has 2 aromatic rings. The minimum absolute atomic E-state index is 0.0564. The minimum atomic E-state index is -3.86. The highest BCUT2D eigenvalue weighted by Gasteiger charge is 2.21. The quantitative estimate of drug-likeness (QED) is 0.815. The van der Waals surface area contributed by atoms with Crippen molar-refractivity contribution < 1.29 is 18.3 Å². The molecule has 2 N–H and O–H groups in total. The molecule has 144 valence electrons. The molecule has 1 heterocycles. The number of aromatic carboxylic acids is 1. The SMILES string of the molecule is Cc1ccc(S(=O)(=O)Nc2ccc(N3CCN(C)CC3)cc2C(=O)O)cc1. The van der Waals surface area contributed by atoms with E-state index in [1.807, 2.05) is 14.0 Å². The van der Waals surface area contributed by atoms with Crippen molar-refractivity contribution >= 4 is 27.4 Å². The van der Waals surface area contributed by atoms with Crippen LogP contribution in [0.1, 0.15) is 15.9 Å². The van der Waals surface area contributed by atoms with Gasteiger partial charge in [0, 0.05) is 31.9 Å². The van der Waals surface area contributed by atoms with Crippen molar-refractivity contribution in [3.05, 3.63) is 53.6 Å². The van der Waals surface area contributed by atoms with Gasteiger partial charge in [0.05, 0.1) is 16.1 Å². The number of aryl methyl sites for hydroxylation is 1. The number of sulfonamides is 1. The van der Waals surface area contributed by atoms with E-state index in [0.29, 0.717) is 0 Å². The van der Waals surface area contributed by atoms with E-state index in [0.717, 1.165) is 37.4 Å². The zero-order valence-corrected chi connectivity index (χ0v) is 16.2. The molecule has 8 heteroatoms. The Morgan fingerprint density at radius 1 is 1.04 bits per heavy atom. The summed E-state index contributed by atoms with van der Waals surface area (Å²) in [7, 11) is -1.82. The molecule has 0 bridgehead atoms. The summed E-state index contributed by atoms with van der Waals surface area (Å²) in [6, 6.07) is 11.2. The van der Waals surface area contributed by atoms with Crippen LogP contribution in [0.25, 0.3) is 0 Å². The number of likely N-dealkylation sites (N-methyl/N-ethyl adjacent to an activating group) is 1. The fraction of sp³-hybridized carbons (Fsp3) is 0.316. The third-order valence-corrected chi connectivity index (χ3v) is 6.06. The molecule has 0 amide bonds. The lowest BCUT2D eigenvalue weighted by molar-refractivity contribution is 0.0698. The van der Waals surface area contributed by atoms with E-state index >= 15 is 0 Å². The smallest absolute Gasteiger partial charge is 0.337 e. The van der Waals surface area contributed by atoms with Gasteiger partial charge in [0.2, 0.25) is 0 Å². The molecular formula is C19H23N3O4S. The second kappa shape index (κ2) is 7.58. The average Bonchev–Trinajstić information content (AvgIpc) is 2.62. The molecule has 27 heavy (non-hydrogen) atoms. The van der Waals surface area contributed by atoms with Crippen molar-refractivity contribution in [2.24, 2.45) is 0 Å². The summed E-state index contributed by atoms with van der Waals surface area (Å²) < 4.78 is 27.6. The van der Waals surface area contributed by atoms with E-state index in [2.05, 4.69) is 14.5 Å². The third kappa shape index (κ3) is 4.40. The van der Waals surface area contributed by atoms with Crippen molar-refractivity contribution in [2.75, 3.05) is 42.8 Å². The topological polar surface area (TPSA) is 90.0 Å². The van der Waals surface area contributed by atoms with Crippen LogP contribution in [0.5, 0.6) is 0 Å². The van der Waals surface area contributed by atoms with Gasteiger partial charge in [0.1, 0.15) is 0 Å².